The van der Waals surface area contributed by atoms with Gasteiger partial charge in [0.15, 0.2) is 0 Å². The number of para-hydroxylation sites is 1. The Labute approximate surface area is 179 Å². The van der Waals surface area contributed by atoms with Crippen LogP contribution in [0, 0.1) is 11.6 Å². The Morgan fingerprint density at radius 1 is 1.06 bits per heavy atom. The van der Waals surface area contributed by atoms with Gasteiger partial charge in [0.2, 0.25) is 5.91 Å². The SMILES string of the molecule is CCc1ccccc1NC(=O)Cn1c(=O)n(-c2cc(F)cc(F)c2)c(=O)c2sccc21. The molecule has 6 nitrogen and oxygen atoms in total. The molecule has 2 heterocycles. The van der Waals surface area contributed by atoms with Crippen LogP contribution in [0.3, 0.4) is 0 Å². The number of halogens is 2. The van der Waals surface area contributed by atoms with Gasteiger partial charge in [-0.2, -0.15) is 0 Å². The molecule has 0 radical (unpaired) electrons. The lowest BCUT2D eigenvalue weighted by Crippen LogP contribution is -2.40. The van der Waals surface area contributed by atoms with Gasteiger partial charge in [0.1, 0.15) is 22.9 Å². The van der Waals surface area contributed by atoms with E-state index in [1.54, 1.807) is 23.6 Å². The van der Waals surface area contributed by atoms with Crippen molar-refractivity contribution in [1.82, 2.24) is 9.13 Å². The second-order valence-corrected chi connectivity index (χ2v) is 7.75. The number of nitrogens with one attached hydrogen (secondary N) is 1. The summed E-state index contributed by atoms with van der Waals surface area (Å²) >= 11 is 1.08. The molecule has 0 atom stereocenters. The third-order valence-electron chi connectivity index (χ3n) is 4.83. The van der Waals surface area contributed by atoms with E-state index in [9.17, 15) is 23.2 Å². The summed E-state index contributed by atoms with van der Waals surface area (Å²) in [7, 11) is 0. The number of fused-ring (bicyclic) bond motifs is 1. The van der Waals surface area contributed by atoms with Crippen LogP contribution in [0.1, 0.15) is 12.5 Å². The van der Waals surface area contributed by atoms with Gasteiger partial charge < -0.3 is 5.32 Å². The summed E-state index contributed by atoms with van der Waals surface area (Å²) in [5.74, 6) is -2.31. The highest BCUT2D eigenvalue weighted by Gasteiger charge is 2.19. The number of aromatic nitrogens is 2. The number of carbonyl (C=O) groups excluding carboxylic acids is 1. The summed E-state index contributed by atoms with van der Waals surface area (Å²) in [6.07, 6.45) is 0.710. The Morgan fingerprint density at radius 2 is 1.77 bits per heavy atom. The van der Waals surface area contributed by atoms with Crippen LogP contribution in [0.25, 0.3) is 15.9 Å². The van der Waals surface area contributed by atoms with Crippen molar-refractivity contribution in [3.05, 3.63) is 91.9 Å². The Balaban J connectivity index is 1.81. The number of hydrogen-bond donors (Lipinski definition) is 1. The topological polar surface area (TPSA) is 73.1 Å². The number of amides is 1. The predicted molar refractivity (Wildman–Crippen MR) is 116 cm³/mol. The molecule has 0 aliphatic heterocycles. The van der Waals surface area contributed by atoms with Crippen LogP contribution in [0.2, 0.25) is 0 Å². The maximum Gasteiger partial charge on any atom is 0.336 e. The molecule has 0 aliphatic carbocycles. The summed E-state index contributed by atoms with van der Waals surface area (Å²) in [6, 6.07) is 11.3. The molecule has 0 saturated carbocycles. The van der Waals surface area contributed by atoms with E-state index >= 15 is 0 Å². The fraction of sp³-hybridized carbons (Fsp3) is 0.136. The third-order valence-corrected chi connectivity index (χ3v) is 5.73. The second-order valence-electron chi connectivity index (χ2n) is 6.83. The average Bonchev–Trinajstić information content (AvgIpc) is 3.21. The van der Waals surface area contributed by atoms with Crippen molar-refractivity contribution in [3.8, 4) is 5.69 Å². The summed E-state index contributed by atoms with van der Waals surface area (Å²) in [4.78, 5) is 38.7. The molecule has 0 spiro atoms. The normalized spacial score (nSPS) is 11.1. The Hall–Kier alpha value is -3.59. The van der Waals surface area contributed by atoms with Gasteiger partial charge in [0.05, 0.1) is 11.2 Å². The summed E-state index contributed by atoms with van der Waals surface area (Å²) in [6.45, 7) is 1.58. The number of benzene rings is 2. The van der Waals surface area contributed by atoms with Crippen LogP contribution in [0.5, 0.6) is 0 Å². The second kappa shape index (κ2) is 8.27. The first kappa shape index (κ1) is 20.7. The minimum atomic E-state index is -0.923. The molecule has 4 aromatic rings. The van der Waals surface area contributed by atoms with Crippen molar-refractivity contribution in [2.75, 3.05) is 5.32 Å². The van der Waals surface area contributed by atoms with Crippen molar-refractivity contribution in [1.29, 1.82) is 0 Å². The van der Waals surface area contributed by atoms with Crippen LogP contribution in [-0.4, -0.2) is 15.0 Å². The number of nitrogens with zero attached hydrogens (tertiary/aromatic N) is 2. The maximum absolute atomic E-state index is 13.7. The number of rotatable bonds is 5. The molecule has 31 heavy (non-hydrogen) atoms. The molecular weight excluding hydrogens is 424 g/mol. The Morgan fingerprint density at radius 3 is 2.48 bits per heavy atom. The molecule has 0 saturated heterocycles. The molecule has 4 rings (SSSR count). The van der Waals surface area contributed by atoms with E-state index in [1.807, 2.05) is 19.1 Å². The molecule has 1 N–H and O–H groups in total. The zero-order valence-electron chi connectivity index (χ0n) is 16.4. The van der Waals surface area contributed by atoms with E-state index in [2.05, 4.69) is 5.32 Å². The van der Waals surface area contributed by atoms with E-state index in [1.165, 1.54) is 0 Å². The van der Waals surface area contributed by atoms with Crippen LogP contribution in [-0.2, 0) is 17.8 Å². The molecule has 0 fully saturated rings. The van der Waals surface area contributed by atoms with Crippen molar-refractivity contribution < 1.29 is 13.6 Å². The first-order valence-electron chi connectivity index (χ1n) is 9.46. The largest absolute Gasteiger partial charge is 0.336 e. The molecule has 2 aromatic heterocycles. The molecule has 0 bridgehead atoms. The molecule has 0 unspecified atom stereocenters. The minimum Gasteiger partial charge on any atom is -0.324 e. The van der Waals surface area contributed by atoms with E-state index in [4.69, 9.17) is 0 Å². The van der Waals surface area contributed by atoms with Crippen molar-refractivity contribution in [2.24, 2.45) is 0 Å². The number of aryl methyl sites for hydroxylation is 1. The molecule has 1 amide bonds. The predicted octanol–water partition coefficient (Wildman–Crippen LogP) is 3.69. The van der Waals surface area contributed by atoms with E-state index < -0.39 is 28.8 Å². The first-order valence-corrected chi connectivity index (χ1v) is 10.3. The average molecular weight is 441 g/mol. The van der Waals surface area contributed by atoms with Gasteiger partial charge in [0, 0.05) is 11.8 Å². The van der Waals surface area contributed by atoms with E-state index in [0.29, 0.717) is 22.7 Å². The summed E-state index contributed by atoms with van der Waals surface area (Å²) in [5.41, 5.74) is 0.0439. The quantitative estimate of drug-likeness (QED) is 0.513. The van der Waals surface area contributed by atoms with Gasteiger partial charge >= 0.3 is 5.69 Å². The number of hydrogen-bond acceptors (Lipinski definition) is 4. The van der Waals surface area contributed by atoms with Crippen molar-refractivity contribution in [3.63, 3.8) is 0 Å². The lowest BCUT2D eigenvalue weighted by molar-refractivity contribution is -0.116. The number of thiophene rings is 1. The smallest absolute Gasteiger partial charge is 0.324 e. The fourth-order valence-electron chi connectivity index (χ4n) is 3.42. The monoisotopic (exact) mass is 441 g/mol. The van der Waals surface area contributed by atoms with Gasteiger partial charge in [-0.05, 0) is 41.6 Å². The molecule has 158 valence electrons. The van der Waals surface area contributed by atoms with Crippen LogP contribution < -0.4 is 16.6 Å². The van der Waals surface area contributed by atoms with Gasteiger partial charge in [-0.1, -0.05) is 25.1 Å². The van der Waals surface area contributed by atoms with Gasteiger partial charge in [0.25, 0.3) is 5.56 Å². The molecule has 0 aliphatic rings. The number of anilines is 1. The highest BCUT2D eigenvalue weighted by Crippen LogP contribution is 2.19. The van der Waals surface area contributed by atoms with Gasteiger partial charge in [-0.25, -0.2) is 18.1 Å². The Bertz CT molecular complexity index is 1400. The zero-order chi connectivity index (χ0) is 22.1. The highest BCUT2D eigenvalue weighted by atomic mass is 32.1. The lowest BCUT2D eigenvalue weighted by Gasteiger charge is -2.14. The lowest BCUT2D eigenvalue weighted by atomic mass is 10.1. The molecule has 9 heteroatoms. The summed E-state index contributed by atoms with van der Waals surface area (Å²) < 4.78 is 29.5. The maximum atomic E-state index is 13.7. The van der Waals surface area contributed by atoms with E-state index in [-0.39, 0.29) is 22.4 Å². The molecular formula is C22H17F2N3O3S. The molecule has 2 aromatic carbocycles. The third kappa shape index (κ3) is 3.91. The highest BCUT2D eigenvalue weighted by molar-refractivity contribution is 7.17. The Kier molecular flexibility index (Phi) is 5.51. The summed E-state index contributed by atoms with van der Waals surface area (Å²) in [5, 5.41) is 4.40. The van der Waals surface area contributed by atoms with Crippen molar-refractivity contribution >= 4 is 33.1 Å². The first-order chi connectivity index (χ1) is 14.9. The minimum absolute atomic E-state index is 0.200. The fourth-order valence-corrected chi connectivity index (χ4v) is 4.24. The van der Waals surface area contributed by atoms with Crippen molar-refractivity contribution in [2.45, 2.75) is 19.9 Å². The van der Waals surface area contributed by atoms with Gasteiger partial charge in [-0.15, -0.1) is 11.3 Å². The number of carbonyl (C=O) groups is 1. The zero-order valence-corrected chi connectivity index (χ0v) is 17.2. The van der Waals surface area contributed by atoms with Crippen LogP contribution in [0.15, 0.2) is 63.5 Å². The van der Waals surface area contributed by atoms with Gasteiger partial charge in [-0.3, -0.25) is 14.2 Å². The van der Waals surface area contributed by atoms with Crippen LogP contribution in [0.4, 0.5) is 14.5 Å². The van der Waals surface area contributed by atoms with E-state index in [0.717, 1.165) is 33.6 Å². The van der Waals surface area contributed by atoms with Crippen LogP contribution >= 0.6 is 11.3 Å². The standard InChI is InChI=1S/C22H17F2N3O3S/c1-2-13-5-3-4-6-17(13)25-19(28)12-26-18-7-8-31-20(18)21(29)27(22(26)30)16-10-14(23)9-15(24)11-16/h3-11H,2,12H2,1H3,(H,25,28).